The summed E-state index contributed by atoms with van der Waals surface area (Å²) < 4.78 is 0. The lowest BCUT2D eigenvalue weighted by molar-refractivity contribution is -0.148. The number of carboxylic acids is 1. The first-order valence-corrected chi connectivity index (χ1v) is 8.97. The van der Waals surface area contributed by atoms with Crippen molar-refractivity contribution in [2.24, 2.45) is 5.92 Å². The number of hydrogen-bond acceptors (Lipinski definition) is 3. The Morgan fingerprint density at radius 1 is 1.04 bits per heavy atom. The van der Waals surface area contributed by atoms with E-state index in [2.05, 4.69) is 10.6 Å². The summed E-state index contributed by atoms with van der Waals surface area (Å²) in [5.74, 6) is -1.38. The number of rotatable bonds is 5. The Kier molecular flexibility index (Phi) is 5.06. The topological polar surface area (TPSA) is 95.5 Å². The van der Waals surface area contributed by atoms with Gasteiger partial charge in [0.1, 0.15) is 5.54 Å². The van der Waals surface area contributed by atoms with Crippen molar-refractivity contribution >= 4 is 23.5 Å². The summed E-state index contributed by atoms with van der Waals surface area (Å²) in [6.45, 7) is 0. The summed E-state index contributed by atoms with van der Waals surface area (Å²) in [6.07, 6.45) is 6.86. The van der Waals surface area contributed by atoms with Crippen LogP contribution in [0.5, 0.6) is 0 Å². The van der Waals surface area contributed by atoms with Gasteiger partial charge in [0.2, 0.25) is 5.91 Å². The molecule has 6 heteroatoms. The largest absolute Gasteiger partial charge is 0.480 e. The fraction of sp³-hybridized carbons (Fsp3) is 0.526. The summed E-state index contributed by atoms with van der Waals surface area (Å²) in [5, 5.41) is 14.8. The average Bonchev–Trinajstić information content (AvgIpc) is 2.58. The minimum atomic E-state index is -1.14. The van der Waals surface area contributed by atoms with Crippen LogP contribution in [0.3, 0.4) is 0 Å². The Morgan fingerprint density at radius 3 is 2.36 bits per heavy atom. The van der Waals surface area contributed by atoms with Crippen molar-refractivity contribution in [1.82, 2.24) is 5.32 Å². The summed E-state index contributed by atoms with van der Waals surface area (Å²) in [4.78, 5) is 36.1. The summed E-state index contributed by atoms with van der Waals surface area (Å²) in [6, 6.07) is 6.66. The van der Waals surface area contributed by atoms with Crippen LogP contribution in [0.2, 0.25) is 0 Å². The second kappa shape index (κ2) is 7.25. The molecule has 2 aliphatic carbocycles. The van der Waals surface area contributed by atoms with Crippen LogP contribution in [0, 0.1) is 5.92 Å². The highest BCUT2D eigenvalue weighted by molar-refractivity contribution is 6.00. The zero-order valence-electron chi connectivity index (χ0n) is 14.2. The normalized spacial score (nSPS) is 19.5. The minimum Gasteiger partial charge on any atom is -0.480 e. The SMILES string of the molecule is O=C(NC1(C(=O)O)CCC1)c1cccc(NC(=O)C2CCCCC2)c1. The van der Waals surface area contributed by atoms with Gasteiger partial charge in [-0.05, 0) is 50.3 Å². The maximum absolute atomic E-state index is 12.4. The molecule has 0 spiro atoms. The van der Waals surface area contributed by atoms with Gasteiger partial charge in [-0.1, -0.05) is 25.3 Å². The quantitative estimate of drug-likeness (QED) is 0.765. The van der Waals surface area contributed by atoms with Crippen LogP contribution in [0.15, 0.2) is 24.3 Å². The molecule has 1 aromatic carbocycles. The molecule has 0 radical (unpaired) electrons. The molecule has 2 saturated carbocycles. The van der Waals surface area contributed by atoms with E-state index in [1.807, 2.05) is 0 Å². The third-order valence-electron chi connectivity index (χ3n) is 5.34. The van der Waals surface area contributed by atoms with E-state index < -0.39 is 17.4 Å². The van der Waals surface area contributed by atoms with Crippen molar-refractivity contribution in [3.63, 3.8) is 0 Å². The zero-order chi connectivity index (χ0) is 17.9. The van der Waals surface area contributed by atoms with Gasteiger partial charge in [-0.3, -0.25) is 9.59 Å². The molecular formula is C19H24N2O4. The zero-order valence-corrected chi connectivity index (χ0v) is 14.2. The first-order chi connectivity index (χ1) is 12.0. The number of benzene rings is 1. The fourth-order valence-corrected chi connectivity index (χ4v) is 3.56. The molecule has 0 aromatic heterocycles. The minimum absolute atomic E-state index is 0.00161. The average molecular weight is 344 g/mol. The van der Waals surface area contributed by atoms with Gasteiger partial charge in [-0.15, -0.1) is 0 Å². The standard InChI is InChI=1S/C19H24N2O4/c22-16(13-6-2-1-3-7-13)20-15-9-4-8-14(12-15)17(23)21-19(18(24)25)10-5-11-19/h4,8-9,12-13H,1-3,5-7,10-11H2,(H,20,22)(H,21,23)(H,24,25). The van der Waals surface area contributed by atoms with Gasteiger partial charge in [0.05, 0.1) is 0 Å². The number of hydrogen-bond donors (Lipinski definition) is 3. The molecule has 0 bridgehead atoms. The third-order valence-corrected chi connectivity index (χ3v) is 5.34. The second-order valence-corrected chi connectivity index (χ2v) is 7.10. The van der Waals surface area contributed by atoms with E-state index in [1.54, 1.807) is 24.3 Å². The molecule has 1 aromatic rings. The van der Waals surface area contributed by atoms with Gasteiger partial charge < -0.3 is 15.7 Å². The van der Waals surface area contributed by atoms with Gasteiger partial charge in [0.25, 0.3) is 5.91 Å². The van der Waals surface area contributed by atoms with Crippen molar-refractivity contribution in [2.75, 3.05) is 5.32 Å². The molecule has 2 amide bonds. The molecule has 2 aliphatic rings. The van der Waals surface area contributed by atoms with E-state index in [4.69, 9.17) is 0 Å². The molecule has 2 fully saturated rings. The van der Waals surface area contributed by atoms with E-state index in [0.29, 0.717) is 24.1 Å². The van der Waals surface area contributed by atoms with Gasteiger partial charge in [0.15, 0.2) is 0 Å². The number of aliphatic carboxylic acids is 1. The Labute approximate surface area is 147 Å². The monoisotopic (exact) mass is 344 g/mol. The lowest BCUT2D eigenvalue weighted by Gasteiger charge is -2.38. The Balaban J connectivity index is 1.65. The predicted octanol–water partition coefficient (Wildman–Crippen LogP) is 2.94. The van der Waals surface area contributed by atoms with Crippen LogP contribution in [0.4, 0.5) is 5.69 Å². The van der Waals surface area contributed by atoms with E-state index in [1.165, 1.54) is 6.42 Å². The van der Waals surface area contributed by atoms with E-state index >= 15 is 0 Å². The third kappa shape index (κ3) is 3.83. The van der Waals surface area contributed by atoms with E-state index in [9.17, 15) is 19.5 Å². The first-order valence-electron chi connectivity index (χ1n) is 8.97. The Hall–Kier alpha value is -2.37. The highest BCUT2D eigenvalue weighted by Gasteiger charge is 2.45. The first kappa shape index (κ1) is 17.5. The molecule has 3 rings (SSSR count). The lowest BCUT2D eigenvalue weighted by Crippen LogP contribution is -2.59. The summed E-state index contributed by atoms with van der Waals surface area (Å²) in [5.41, 5.74) is -0.214. The molecular weight excluding hydrogens is 320 g/mol. The van der Waals surface area contributed by atoms with Crippen molar-refractivity contribution in [3.8, 4) is 0 Å². The van der Waals surface area contributed by atoms with Gasteiger partial charge >= 0.3 is 5.97 Å². The van der Waals surface area contributed by atoms with Gasteiger partial charge in [-0.2, -0.15) is 0 Å². The van der Waals surface area contributed by atoms with Crippen LogP contribution in [0.25, 0.3) is 0 Å². The Morgan fingerprint density at radius 2 is 1.76 bits per heavy atom. The molecule has 3 N–H and O–H groups in total. The maximum atomic E-state index is 12.4. The summed E-state index contributed by atoms with van der Waals surface area (Å²) >= 11 is 0. The molecule has 134 valence electrons. The van der Waals surface area contributed by atoms with Crippen LogP contribution in [0.1, 0.15) is 61.7 Å². The fourth-order valence-electron chi connectivity index (χ4n) is 3.56. The molecule has 0 aliphatic heterocycles. The second-order valence-electron chi connectivity index (χ2n) is 7.10. The van der Waals surface area contributed by atoms with Gasteiger partial charge in [-0.25, -0.2) is 4.79 Å². The van der Waals surface area contributed by atoms with Crippen molar-refractivity contribution in [1.29, 1.82) is 0 Å². The number of carboxylic acid groups (broad SMARTS) is 1. The smallest absolute Gasteiger partial charge is 0.329 e. The van der Waals surface area contributed by atoms with E-state index in [0.717, 1.165) is 32.1 Å². The van der Waals surface area contributed by atoms with Crippen molar-refractivity contribution < 1.29 is 19.5 Å². The predicted molar refractivity (Wildman–Crippen MR) is 93.3 cm³/mol. The summed E-state index contributed by atoms with van der Waals surface area (Å²) in [7, 11) is 0. The molecule has 0 unspecified atom stereocenters. The molecule has 0 atom stereocenters. The van der Waals surface area contributed by atoms with Gasteiger partial charge in [0, 0.05) is 17.2 Å². The highest BCUT2D eigenvalue weighted by atomic mass is 16.4. The van der Waals surface area contributed by atoms with Crippen LogP contribution < -0.4 is 10.6 Å². The number of carbonyl (C=O) groups excluding carboxylic acids is 2. The number of amides is 2. The Bertz CT molecular complexity index is 676. The van der Waals surface area contributed by atoms with Crippen molar-refractivity contribution in [2.45, 2.75) is 56.9 Å². The van der Waals surface area contributed by atoms with Crippen LogP contribution in [-0.4, -0.2) is 28.4 Å². The maximum Gasteiger partial charge on any atom is 0.329 e. The lowest BCUT2D eigenvalue weighted by atomic mass is 9.76. The number of carbonyl (C=O) groups is 3. The number of anilines is 1. The van der Waals surface area contributed by atoms with Crippen molar-refractivity contribution in [3.05, 3.63) is 29.8 Å². The molecule has 6 nitrogen and oxygen atoms in total. The molecule has 0 heterocycles. The van der Waals surface area contributed by atoms with Crippen LogP contribution >= 0.6 is 0 Å². The van der Waals surface area contributed by atoms with Crippen LogP contribution in [-0.2, 0) is 9.59 Å². The van der Waals surface area contributed by atoms with E-state index in [-0.39, 0.29) is 11.8 Å². The molecule has 25 heavy (non-hydrogen) atoms. The number of nitrogens with one attached hydrogen (secondary N) is 2. The molecule has 0 saturated heterocycles. The highest BCUT2D eigenvalue weighted by Crippen LogP contribution is 2.32.